The fourth-order valence-electron chi connectivity index (χ4n) is 3.34. The Kier molecular flexibility index (Phi) is 4.84. The summed E-state index contributed by atoms with van der Waals surface area (Å²) < 4.78 is 13.3. The lowest BCUT2D eigenvalue weighted by Gasteiger charge is -2.30. The topological polar surface area (TPSA) is 48.9 Å². The zero-order valence-electron chi connectivity index (χ0n) is 14.4. The van der Waals surface area contributed by atoms with Crippen LogP contribution in [0.4, 0.5) is 4.39 Å². The smallest absolute Gasteiger partial charge is 0.186 e. The zero-order valence-corrected chi connectivity index (χ0v) is 15.2. The average Bonchev–Trinajstić information content (AvgIpc) is 2.69. The van der Waals surface area contributed by atoms with Crippen molar-refractivity contribution >= 4 is 17.3 Å². The molecule has 0 saturated carbocycles. The molecule has 27 heavy (non-hydrogen) atoms. The number of hydrogen-bond donors (Lipinski definition) is 3. The van der Waals surface area contributed by atoms with Gasteiger partial charge in [-0.05, 0) is 54.1 Å². The summed E-state index contributed by atoms with van der Waals surface area (Å²) in [4.78, 5) is 0. The monoisotopic (exact) mass is 381 g/mol. The Labute approximate surface area is 162 Å². The highest BCUT2D eigenvalue weighted by atomic mass is 35.5. The maximum absolute atomic E-state index is 13.3. The van der Waals surface area contributed by atoms with E-state index in [9.17, 15) is 9.50 Å². The van der Waals surface area contributed by atoms with Gasteiger partial charge in [-0.15, -0.1) is 0 Å². The third-order valence-electron chi connectivity index (χ3n) is 4.74. The molecule has 3 aromatic rings. The first-order valence-corrected chi connectivity index (χ1v) is 9.10. The van der Waals surface area contributed by atoms with Crippen LogP contribution in [-0.2, 0) is 0 Å². The normalized spacial score (nSPS) is 19.3. The van der Waals surface area contributed by atoms with E-state index in [2.05, 4.69) is 16.7 Å². The maximum atomic E-state index is 13.3. The molecule has 2 atom stereocenters. The second kappa shape index (κ2) is 7.43. The van der Waals surface area contributed by atoms with Gasteiger partial charge in [-0.3, -0.25) is 0 Å². The molecule has 4 rings (SSSR count). The number of phenolic OH excluding ortho intramolecular Hbond substituents is 1. The highest BCUT2D eigenvalue weighted by molar-refractivity contribution is 6.30. The van der Waals surface area contributed by atoms with Gasteiger partial charge in [-0.25, -0.2) is 4.39 Å². The average molecular weight is 382 g/mol. The molecule has 3 nitrogen and oxygen atoms in total. The lowest BCUT2D eigenvalue weighted by atomic mass is 9.98. The summed E-state index contributed by atoms with van der Waals surface area (Å²) in [5.41, 5.74) is 3.73. The van der Waals surface area contributed by atoms with Crippen molar-refractivity contribution in [2.24, 2.45) is 0 Å². The largest absolute Gasteiger partial charge is 0.507 e. The Bertz CT molecular complexity index is 970. The minimum absolute atomic E-state index is 0.0896. The Hall–Kier alpha value is -2.82. The Morgan fingerprint density at radius 2 is 1.63 bits per heavy atom. The second-order valence-corrected chi connectivity index (χ2v) is 6.97. The van der Waals surface area contributed by atoms with Crippen molar-refractivity contribution in [1.29, 1.82) is 0 Å². The highest BCUT2D eigenvalue weighted by Gasteiger charge is 2.29. The number of halogens is 2. The standard InChI is InChI=1S/C22H18ClFN2O/c23-16-9-5-14(6-10-16)19-13-20(18-3-1-2-4-21(18)27)26-22(25-19)15-7-11-17(24)12-8-15/h1-13,20,22,25-27H/p+1. The van der Waals surface area contributed by atoms with Gasteiger partial charge >= 0.3 is 0 Å². The third kappa shape index (κ3) is 3.82. The second-order valence-electron chi connectivity index (χ2n) is 6.54. The number of hydrogen-bond acceptors (Lipinski definition) is 2. The molecule has 4 N–H and O–H groups in total. The summed E-state index contributed by atoms with van der Waals surface area (Å²) in [5, 5.41) is 16.6. The molecule has 2 unspecified atom stereocenters. The maximum Gasteiger partial charge on any atom is 0.186 e. The number of phenols is 1. The van der Waals surface area contributed by atoms with E-state index in [4.69, 9.17) is 11.6 Å². The van der Waals surface area contributed by atoms with E-state index in [1.807, 2.05) is 36.4 Å². The molecule has 0 spiro atoms. The summed E-state index contributed by atoms with van der Waals surface area (Å²) in [7, 11) is 0. The molecule has 3 aromatic carbocycles. The first-order valence-electron chi connectivity index (χ1n) is 8.73. The number of benzene rings is 3. The molecule has 0 amide bonds. The zero-order chi connectivity index (χ0) is 18.8. The van der Waals surface area contributed by atoms with Gasteiger partial charge in [0.05, 0.1) is 5.56 Å². The van der Waals surface area contributed by atoms with Gasteiger partial charge in [0.15, 0.2) is 6.17 Å². The molecule has 136 valence electrons. The molecular formula is C22H19ClFN2O+. The first kappa shape index (κ1) is 17.6. The van der Waals surface area contributed by atoms with E-state index in [1.54, 1.807) is 24.3 Å². The molecule has 1 heterocycles. The van der Waals surface area contributed by atoms with E-state index < -0.39 is 0 Å². The highest BCUT2D eigenvalue weighted by Crippen LogP contribution is 2.29. The molecule has 0 aromatic heterocycles. The fraction of sp³-hybridized carbons (Fsp3) is 0.0909. The number of nitrogens with two attached hydrogens (primary N) is 1. The van der Waals surface area contributed by atoms with Crippen molar-refractivity contribution in [2.75, 3.05) is 0 Å². The number of rotatable bonds is 3. The van der Waals surface area contributed by atoms with Crippen LogP contribution in [0, 0.1) is 5.82 Å². The van der Waals surface area contributed by atoms with E-state index in [0.717, 1.165) is 22.4 Å². The Morgan fingerprint density at radius 1 is 0.926 bits per heavy atom. The number of nitrogens with one attached hydrogen (secondary N) is 1. The van der Waals surface area contributed by atoms with Gasteiger partial charge in [-0.1, -0.05) is 35.9 Å². The molecule has 1 aliphatic heterocycles. The summed E-state index contributed by atoms with van der Waals surface area (Å²) in [6.45, 7) is 0. The van der Waals surface area contributed by atoms with Gasteiger partial charge in [-0.2, -0.15) is 0 Å². The van der Waals surface area contributed by atoms with Gasteiger partial charge < -0.3 is 15.7 Å². The fourth-order valence-corrected chi connectivity index (χ4v) is 3.47. The molecule has 0 fully saturated rings. The molecule has 0 bridgehead atoms. The molecule has 0 aliphatic carbocycles. The van der Waals surface area contributed by atoms with Crippen LogP contribution in [0.5, 0.6) is 5.75 Å². The Balaban J connectivity index is 1.75. The lowest BCUT2D eigenvalue weighted by molar-refractivity contribution is -0.731. The van der Waals surface area contributed by atoms with E-state index in [1.165, 1.54) is 12.1 Å². The number of aromatic hydroxyl groups is 1. The number of quaternary nitrogens is 1. The summed E-state index contributed by atoms with van der Waals surface area (Å²) in [5.74, 6) is -0.00880. The van der Waals surface area contributed by atoms with Crippen molar-refractivity contribution in [3.63, 3.8) is 0 Å². The van der Waals surface area contributed by atoms with E-state index in [-0.39, 0.29) is 23.8 Å². The molecule has 5 heteroatoms. The molecule has 0 saturated heterocycles. The Morgan fingerprint density at radius 3 is 2.33 bits per heavy atom. The van der Waals surface area contributed by atoms with Crippen molar-refractivity contribution < 1.29 is 14.8 Å². The number of para-hydroxylation sites is 1. The van der Waals surface area contributed by atoms with Gasteiger partial charge in [0.1, 0.15) is 17.6 Å². The molecule has 0 radical (unpaired) electrons. The van der Waals surface area contributed by atoms with Crippen LogP contribution in [0.2, 0.25) is 5.02 Å². The molecule has 1 aliphatic rings. The summed E-state index contributed by atoms with van der Waals surface area (Å²) in [6, 6.07) is 21.3. The molecular weight excluding hydrogens is 363 g/mol. The van der Waals surface area contributed by atoms with Crippen LogP contribution < -0.4 is 10.6 Å². The van der Waals surface area contributed by atoms with Crippen LogP contribution in [0.15, 0.2) is 78.9 Å². The van der Waals surface area contributed by atoms with Gasteiger partial charge in [0.2, 0.25) is 0 Å². The van der Waals surface area contributed by atoms with E-state index in [0.29, 0.717) is 5.02 Å². The van der Waals surface area contributed by atoms with Crippen molar-refractivity contribution in [2.45, 2.75) is 12.2 Å². The van der Waals surface area contributed by atoms with Crippen LogP contribution in [0.25, 0.3) is 5.70 Å². The summed E-state index contributed by atoms with van der Waals surface area (Å²) in [6.07, 6.45) is 1.96. The summed E-state index contributed by atoms with van der Waals surface area (Å²) >= 11 is 6.02. The van der Waals surface area contributed by atoms with Crippen LogP contribution in [0.1, 0.15) is 28.9 Å². The van der Waals surface area contributed by atoms with Gasteiger partial charge in [0, 0.05) is 22.4 Å². The van der Waals surface area contributed by atoms with Crippen molar-refractivity contribution in [3.05, 3.63) is 106 Å². The first-order chi connectivity index (χ1) is 13.1. The minimum Gasteiger partial charge on any atom is -0.507 e. The SMILES string of the molecule is Oc1ccccc1C1C=C(c2ccc(Cl)cc2)NC(c2ccc(F)cc2)[NH2+]1. The van der Waals surface area contributed by atoms with Crippen LogP contribution in [0.3, 0.4) is 0 Å². The quantitative estimate of drug-likeness (QED) is 0.638. The predicted octanol–water partition coefficient (Wildman–Crippen LogP) is 4.13. The van der Waals surface area contributed by atoms with Crippen molar-refractivity contribution in [3.8, 4) is 5.75 Å². The van der Waals surface area contributed by atoms with Crippen molar-refractivity contribution in [1.82, 2.24) is 5.32 Å². The minimum atomic E-state index is -0.264. The third-order valence-corrected chi connectivity index (χ3v) is 4.99. The van der Waals surface area contributed by atoms with Crippen LogP contribution >= 0.6 is 11.6 Å². The lowest BCUT2D eigenvalue weighted by Crippen LogP contribution is -2.89. The van der Waals surface area contributed by atoms with Gasteiger partial charge in [0.25, 0.3) is 0 Å². The van der Waals surface area contributed by atoms with E-state index >= 15 is 0 Å². The van der Waals surface area contributed by atoms with Crippen LogP contribution in [-0.4, -0.2) is 5.11 Å². The predicted molar refractivity (Wildman–Crippen MR) is 104 cm³/mol.